The van der Waals surface area contributed by atoms with Gasteiger partial charge in [0.25, 0.3) is 5.91 Å². The molecule has 1 aromatic carbocycles. The van der Waals surface area contributed by atoms with Crippen molar-refractivity contribution in [3.63, 3.8) is 0 Å². The van der Waals surface area contributed by atoms with Gasteiger partial charge in [0.1, 0.15) is 0 Å². The topological polar surface area (TPSA) is 105 Å². The summed E-state index contributed by atoms with van der Waals surface area (Å²) < 4.78 is 28.5. The smallest absolute Gasteiger partial charge is 0.338 e. The van der Waals surface area contributed by atoms with E-state index < -0.39 is 27.8 Å². The molecular weight excluding hydrogens is 344 g/mol. The summed E-state index contributed by atoms with van der Waals surface area (Å²) in [4.78, 5) is 26.2. The molecule has 1 aliphatic rings. The van der Waals surface area contributed by atoms with E-state index in [1.165, 1.54) is 24.0 Å². The molecule has 0 unspecified atom stereocenters. The van der Waals surface area contributed by atoms with Crippen molar-refractivity contribution < 1.29 is 22.7 Å². The van der Waals surface area contributed by atoms with Gasteiger partial charge in [-0.2, -0.15) is 5.26 Å². The summed E-state index contributed by atoms with van der Waals surface area (Å²) in [6.45, 7) is 3.55. The summed E-state index contributed by atoms with van der Waals surface area (Å²) in [5, 5.41) is 8.87. The van der Waals surface area contributed by atoms with E-state index in [0.717, 1.165) is 0 Å². The molecule has 0 N–H and O–H groups in total. The molecule has 0 radical (unpaired) electrons. The number of nitriles is 1. The van der Waals surface area contributed by atoms with Gasteiger partial charge in [0.2, 0.25) is 0 Å². The fourth-order valence-electron chi connectivity index (χ4n) is 2.84. The first-order valence-electron chi connectivity index (χ1n) is 7.99. The van der Waals surface area contributed by atoms with Gasteiger partial charge in [-0.15, -0.1) is 0 Å². The summed E-state index contributed by atoms with van der Waals surface area (Å²) in [5.74, 6) is -1.11. The second kappa shape index (κ2) is 7.66. The van der Waals surface area contributed by atoms with Gasteiger partial charge in [-0.25, -0.2) is 13.2 Å². The van der Waals surface area contributed by atoms with Crippen molar-refractivity contribution >= 4 is 21.7 Å². The predicted octanol–water partition coefficient (Wildman–Crippen LogP) is 1.14. The minimum absolute atomic E-state index is 0.0581. The van der Waals surface area contributed by atoms with E-state index in [9.17, 15) is 18.0 Å². The highest BCUT2D eigenvalue weighted by molar-refractivity contribution is 7.91. The van der Waals surface area contributed by atoms with Crippen molar-refractivity contribution in [3.05, 3.63) is 35.4 Å². The second-order valence-corrected chi connectivity index (χ2v) is 8.15. The largest absolute Gasteiger partial charge is 0.449 e. The van der Waals surface area contributed by atoms with Crippen LogP contribution in [0, 0.1) is 11.3 Å². The third kappa shape index (κ3) is 4.57. The molecule has 2 rings (SSSR count). The number of benzene rings is 1. The molecule has 7 nitrogen and oxygen atoms in total. The van der Waals surface area contributed by atoms with Gasteiger partial charge >= 0.3 is 5.97 Å². The molecule has 1 aliphatic heterocycles. The zero-order chi connectivity index (χ0) is 18.6. The number of hydrogen-bond acceptors (Lipinski definition) is 6. The molecule has 1 saturated heterocycles. The lowest BCUT2D eigenvalue weighted by Crippen LogP contribution is -2.46. The summed E-state index contributed by atoms with van der Waals surface area (Å²) in [6.07, 6.45) is -0.645. The van der Waals surface area contributed by atoms with Crippen LogP contribution in [0.5, 0.6) is 0 Å². The van der Waals surface area contributed by atoms with Crippen LogP contribution in [0.3, 0.4) is 0 Å². The number of carbonyl (C=O) groups excluding carboxylic acids is 2. The Hall–Kier alpha value is -2.40. The van der Waals surface area contributed by atoms with Gasteiger partial charge in [0.15, 0.2) is 15.9 Å². The summed E-state index contributed by atoms with van der Waals surface area (Å²) >= 11 is 0. The van der Waals surface area contributed by atoms with E-state index in [4.69, 9.17) is 10.00 Å². The number of esters is 1. The van der Waals surface area contributed by atoms with Crippen LogP contribution in [-0.4, -0.2) is 55.4 Å². The van der Waals surface area contributed by atoms with Crippen LogP contribution in [0.2, 0.25) is 0 Å². The van der Waals surface area contributed by atoms with Crippen molar-refractivity contribution in [1.82, 2.24) is 4.90 Å². The Morgan fingerprint density at radius 3 is 2.72 bits per heavy atom. The summed E-state index contributed by atoms with van der Waals surface area (Å²) in [7, 11) is -3.12. The first kappa shape index (κ1) is 18.9. The molecule has 1 amide bonds. The minimum Gasteiger partial charge on any atom is -0.449 e. The van der Waals surface area contributed by atoms with Crippen LogP contribution in [0.1, 0.15) is 36.2 Å². The fraction of sp³-hybridized carbons (Fsp3) is 0.471. The Morgan fingerprint density at radius 1 is 1.44 bits per heavy atom. The summed E-state index contributed by atoms with van der Waals surface area (Å²) in [6, 6.07) is 7.56. The number of hydrogen-bond donors (Lipinski definition) is 0. The lowest BCUT2D eigenvalue weighted by molar-refractivity contribution is -0.141. The molecule has 1 heterocycles. The van der Waals surface area contributed by atoms with Crippen molar-refractivity contribution in [2.24, 2.45) is 0 Å². The normalized spacial score (nSPS) is 19.6. The molecule has 25 heavy (non-hydrogen) atoms. The van der Waals surface area contributed by atoms with Gasteiger partial charge in [0, 0.05) is 12.6 Å². The van der Waals surface area contributed by atoms with E-state index in [2.05, 4.69) is 0 Å². The van der Waals surface area contributed by atoms with Crippen LogP contribution in [-0.2, 0) is 19.4 Å². The minimum atomic E-state index is -3.12. The van der Waals surface area contributed by atoms with E-state index in [1.54, 1.807) is 19.1 Å². The molecule has 2 atom stereocenters. The molecular formula is C17H20N2O5S. The zero-order valence-electron chi connectivity index (χ0n) is 14.1. The maximum absolute atomic E-state index is 12.6. The fourth-order valence-corrected chi connectivity index (χ4v) is 4.57. The molecule has 8 heteroatoms. The van der Waals surface area contributed by atoms with Gasteiger partial charge in [-0.05, 0) is 38.5 Å². The van der Waals surface area contributed by atoms with Crippen molar-refractivity contribution in [1.29, 1.82) is 5.26 Å². The van der Waals surface area contributed by atoms with Gasteiger partial charge in [0.05, 0.1) is 28.7 Å². The predicted molar refractivity (Wildman–Crippen MR) is 90.5 cm³/mol. The number of nitrogens with zero attached hydrogens (tertiary/aromatic N) is 2. The third-order valence-corrected chi connectivity index (χ3v) is 5.88. The molecule has 0 saturated carbocycles. The Kier molecular flexibility index (Phi) is 5.80. The van der Waals surface area contributed by atoms with Gasteiger partial charge < -0.3 is 9.64 Å². The SMILES string of the molecule is CCN(C(=O)[C@@H](C)OC(=O)c1cccc(C#N)c1)[C@H]1CCS(=O)(=O)C1. The van der Waals surface area contributed by atoms with Crippen molar-refractivity contribution in [2.75, 3.05) is 18.1 Å². The average molecular weight is 364 g/mol. The zero-order valence-corrected chi connectivity index (χ0v) is 15.0. The molecule has 1 aromatic rings. The number of sulfone groups is 1. The number of carbonyl (C=O) groups is 2. The van der Waals surface area contributed by atoms with E-state index in [-0.39, 0.29) is 23.1 Å². The third-order valence-electron chi connectivity index (χ3n) is 4.13. The van der Waals surface area contributed by atoms with Crippen molar-refractivity contribution in [3.8, 4) is 6.07 Å². The summed E-state index contributed by atoms with van der Waals surface area (Å²) in [5.41, 5.74) is 0.505. The number of rotatable bonds is 5. The molecule has 0 aliphatic carbocycles. The standard InChI is InChI=1S/C17H20N2O5S/c1-3-19(15-7-8-25(22,23)11-15)16(20)12(2)24-17(21)14-6-4-5-13(9-14)10-18/h4-6,9,12,15H,3,7-8,11H2,1-2H3/t12-,15+/m1/s1. The highest BCUT2D eigenvalue weighted by Crippen LogP contribution is 2.19. The maximum atomic E-state index is 12.6. The number of amides is 1. The van der Waals surface area contributed by atoms with Crippen LogP contribution in [0.15, 0.2) is 24.3 Å². The monoisotopic (exact) mass is 364 g/mol. The molecule has 0 bridgehead atoms. The molecule has 0 spiro atoms. The van der Waals surface area contributed by atoms with Gasteiger partial charge in [-0.3, -0.25) is 4.79 Å². The van der Waals surface area contributed by atoms with E-state index in [1.807, 2.05) is 6.07 Å². The Morgan fingerprint density at radius 2 is 2.16 bits per heavy atom. The molecule has 0 aromatic heterocycles. The Balaban J connectivity index is 2.05. The lowest BCUT2D eigenvalue weighted by atomic mass is 10.1. The van der Waals surface area contributed by atoms with Gasteiger partial charge in [-0.1, -0.05) is 6.07 Å². The highest BCUT2D eigenvalue weighted by atomic mass is 32.2. The lowest BCUT2D eigenvalue weighted by Gasteiger charge is -2.29. The maximum Gasteiger partial charge on any atom is 0.338 e. The first-order valence-corrected chi connectivity index (χ1v) is 9.81. The Labute approximate surface area is 147 Å². The average Bonchev–Trinajstić information content (AvgIpc) is 2.95. The molecule has 1 fully saturated rings. The van der Waals surface area contributed by atoms with Crippen LogP contribution >= 0.6 is 0 Å². The second-order valence-electron chi connectivity index (χ2n) is 5.92. The quantitative estimate of drug-likeness (QED) is 0.726. The van der Waals surface area contributed by atoms with E-state index >= 15 is 0 Å². The number of likely N-dealkylation sites (N-methyl/N-ethyl adjacent to an activating group) is 1. The Bertz CT molecular complexity index is 813. The highest BCUT2D eigenvalue weighted by Gasteiger charge is 2.36. The van der Waals surface area contributed by atoms with Crippen molar-refractivity contribution in [2.45, 2.75) is 32.4 Å². The first-order chi connectivity index (χ1) is 11.8. The van der Waals surface area contributed by atoms with Crippen LogP contribution in [0.25, 0.3) is 0 Å². The molecule has 134 valence electrons. The van der Waals surface area contributed by atoms with Crippen LogP contribution < -0.4 is 0 Å². The number of ether oxygens (including phenoxy) is 1. The van der Waals surface area contributed by atoms with E-state index in [0.29, 0.717) is 18.5 Å². The van der Waals surface area contributed by atoms with Crippen LogP contribution in [0.4, 0.5) is 0 Å².